The van der Waals surface area contributed by atoms with Crippen LogP contribution in [0, 0.1) is 19.7 Å². The maximum absolute atomic E-state index is 13.8. The van der Waals surface area contributed by atoms with Crippen LogP contribution in [-0.2, 0) is 4.79 Å². The monoisotopic (exact) mass is 412 g/mol. The first-order valence-electron chi connectivity index (χ1n) is 10.3. The lowest BCUT2D eigenvalue weighted by Crippen LogP contribution is -2.35. The number of hydrogen-bond acceptors (Lipinski definition) is 3. The summed E-state index contributed by atoms with van der Waals surface area (Å²) in [5.74, 6) is -0.734. The topological polar surface area (TPSA) is 68.4 Å². The van der Waals surface area contributed by atoms with Crippen molar-refractivity contribution in [1.82, 2.24) is 15.2 Å². The number of benzene rings is 1. The highest BCUT2D eigenvalue weighted by Gasteiger charge is 2.30. The molecule has 0 fully saturated rings. The molecule has 2 aromatic rings. The number of carbonyl (C=O) groups excluding carboxylic acids is 2. The number of aromatic nitrogens is 1. The van der Waals surface area contributed by atoms with Gasteiger partial charge in [-0.15, -0.1) is 0 Å². The van der Waals surface area contributed by atoms with Crippen LogP contribution in [0.5, 0.6) is 0 Å². The Morgan fingerprint density at radius 1 is 1.27 bits per heavy atom. The molecular formula is C23H29FN4O2. The number of halogens is 1. The van der Waals surface area contributed by atoms with E-state index in [-0.39, 0.29) is 11.8 Å². The maximum atomic E-state index is 13.8. The first-order chi connectivity index (χ1) is 14.3. The quantitative estimate of drug-likeness (QED) is 0.686. The van der Waals surface area contributed by atoms with E-state index < -0.39 is 5.82 Å². The zero-order valence-corrected chi connectivity index (χ0v) is 18.2. The molecule has 0 radical (unpaired) electrons. The largest absolute Gasteiger partial charge is 0.358 e. The molecule has 0 saturated heterocycles. The Balaban J connectivity index is 1.87. The number of rotatable bonds is 7. The molecule has 0 aliphatic carbocycles. The Kier molecular flexibility index (Phi) is 6.41. The van der Waals surface area contributed by atoms with Crippen molar-refractivity contribution in [2.75, 3.05) is 38.1 Å². The van der Waals surface area contributed by atoms with Gasteiger partial charge in [-0.2, -0.15) is 0 Å². The molecule has 1 aromatic carbocycles. The third kappa shape index (κ3) is 4.03. The van der Waals surface area contributed by atoms with Gasteiger partial charge in [-0.1, -0.05) is 13.8 Å². The molecule has 160 valence electrons. The summed E-state index contributed by atoms with van der Waals surface area (Å²) >= 11 is 0. The van der Waals surface area contributed by atoms with Gasteiger partial charge in [-0.25, -0.2) is 4.39 Å². The maximum Gasteiger partial charge on any atom is 0.258 e. The molecule has 1 aliphatic heterocycles. The van der Waals surface area contributed by atoms with E-state index in [0.717, 1.165) is 30.9 Å². The van der Waals surface area contributed by atoms with Crippen molar-refractivity contribution >= 4 is 29.2 Å². The molecule has 3 rings (SSSR count). The third-order valence-corrected chi connectivity index (χ3v) is 5.75. The SMILES string of the molecule is CCN(CC)CCNC(=O)c1c(C)[nH]c(C=C2C(=O)N(C)c3ccc(F)cc32)c1C. The number of likely N-dealkylation sites (N-methyl/N-ethyl adjacent to an activating group) is 2. The van der Waals surface area contributed by atoms with Crippen LogP contribution in [0.2, 0.25) is 0 Å². The summed E-state index contributed by atoms with van der Waals surface area (Å²) in [5.41, 5.74) is 4.39. The smallest absolute Gasteiger partial charge is 0.258 e. The van der Waals surface area contributed by atoms with Crippen LogP contribution < -0.4 is 10.2 Å². The highest BCUT2D eigenvalue weighted by atomic mass is 19.1. The van der Waals surface area contributed by atoms with Gasteiger partial charge in [0.25, 0.3) is 11.8 Å². The Bertz CT molecular complexity index is 1000. The molecule has 0 unspecified atom stereocenters. The fourth-order valence-electron chi connectivity index (χ4n) is 3.92. The van der Waals surface area contributed by atoms with Crippen LogP contribution in [0.15, 0.2) is 18.2 Å². The van der Waals surface area contributed by atoms with Gasteiger partial charge in [-0.05, 0) is 56.8 Å². The number of aromatic amines is 1. The second-order valence-corrected chi connectivity index (χ2v) is 7.53. The van der Waals surface area contributed by atoms with Gasteiger partial charge in [0.15, 0.2) is 0 Å². The van der Waals surface area contributed by atoms with Gasteiger partial charge in [0.1, 0.15) is 5.82 Å². The lowest BCUT2D eigenvalue weighted by Gasteiger charge is -2.18. The van der Waals surface area contributed by atoms with Crippen molar-refractivity contribution < 1.29 is 14.0 Å². The number of anilines is 1. The number of fused-ring (bicyclic) bond motifs is 1. The molecular weight excluding hydrogens is 383 g/mol. The minimum Gasteiger partial charge on any atom is -0.358 e. The molecule has 2 N–H and O–H groups in total. The average molecular weight is 413 g/mol. The minimum absolute atomic E-state index is 0.139. The van der Waals surface area contributed by atoms with Crippen LogP contribution >= 0.6 is 0 Å². The van der Waals surface area contributed by atoms with E-state index in [1.165, 1.54) is 17.0 Å². The van der Waals surface area contributed by atoms with Crippen molar-refractivity contribution in [2.45, 2.75) is 27.7 Å². The average Bonchev–Trinajstić information content (AvgIpc) is 3.12. The van der Waals surface area contributed by atoms with E-state index in [1.807, 2.05) is 13.8 Å². The summed E-state index contributed by atoms with van der Waals surface area (Å²) in [7, 11) is 1.67. The molecule has 0 spiro atoms. The highest BCUT2D eigenvalue weighted by Crippen LogP contribution is 2.37. The minimum atomic E-state index is -0.393. The van der Waals surface area contributed by atoms with E-state index in [1.54, 1.807) is 19.2 Å². The van der Waals surface area contributed by atoms with E-state index >= 15 is 0 Å². The zero-order valence-electron chi connectivity index (χ0n) is 18.2. The van der Waals surface area contributed by atoms with Gasteiger partial charge < -0.3 is 20.1 Å². The number of carbonyl (C=O) groups is 2. The third-order valence-electron chi connectivity index (χ3n) is 5.75. The molecule has 1 aliphatic rings. The molecule has 0 bridgehead atoms. The molecule has 7 heteroatoms. The van der Waals surface area contributed by atoms with Crippen molar-refractivity contribution in [1.29, 1.82) is 0 Å². The van der Waals surface area contributed by atoms with Gasteiger partial charge in [0.05, 0.1) is 16.8 Å². The molecule has 1 aromatic heterocycles. The van der Waals surface area contributed by atoms with Crippen LogP contribution in [0.3, 0.4) is 0 Å². The number of nitrogens with zero attached hydrogens (tertiary/aromatic N) is 2. The fourth-order valence-corrected chi connectivity index (χ4v) is 3.92. The Morgan fingerprint density at radius 3 is 2.63 bits per heavy atom. The second-order valence-electron chi connectivity index (χ2n) is 7.53. The van der Waals surface area contributed by atoms with Crippen molar-refractivity contribution in [3.63, 3.8) is 0 Å². The number of amides is 2. The number of nitrogens with one attached hydrogen (secondary N) is 2. The molecule has 0 atom stereocenters. The van der Waals surface area contributed by atoms with Crippen LogP contribution in [0.4, 0.5) is 10.1 Å². The number of hydrogen-bond donors (Lipinski definition) is 2. The molecule has 30 heavy (non-hydrogen) atoms. The summed E-state index contributed by atoms with van der Waals surface area (Å²) in [6.45, 7) is 11.1. The predicted molar refractivity (Wildman–Crippen MR) is 118 cm³/mol. The first-order valence-corrected chi connectivity index (χ1v) is 10.3. The number of aryl methyl sites for hydroxylation is 1. The van der Waals surface area contributed by atoms with Crippen molar-refractivity contribution in [3.05, 3.63) is 52.1 Å². The van der Waals surface area contributed by atoms with E-state index in [2.05, 4.69) is 29.0 Å². The Hall–Kier alpha value is -2.93. The molecule has 0 saturated carbocycles. The van der Waals surface area contributed by atoms with Crippen molar-refractivity contribution in [2.24, 2.45) is 0 Å². The first kappa shape index (κ1) is 21.8. The summed E-state index contributed by atoms with van der Waals surface area (Å²) in [6.07, 6.45) is 1.71. The summed E-state index contributed by atoms with van der Waals surface area (Å²) in [5, 5.41) is 2.98. The highest BCUT2D eigenvalue weighted by molar-refractivity contribution is 6.35. The standard InChI is InChI=1S/C23H29FN4O2/c1-6-28(7-2)11-10-25-22(29)21-14(3)19(26-15(21)4)13-18-17-12-16(24)8-9-20(17)27(5)23(18)30/h8-9,12-13,26H,6-7,10-11H2,1-5H3,(H,25,29). The van der Waals surface area contributed by atoms with Crippen LogP contribution in [0.1, 0.15) is 46.7 Å². The van der Waals surface area contributed by atoms with Crippen molar-refractivity contribution in [3.8, 4) is 0 Å². The van der Waals surface area contributed by atoms with E-state index in [9.17, 15) is 14.0 Å². The predicted octanol–water partition coefficient (Wildman–Crippen LogP) is 3.36. The molecule has 6 nitrogen and oxygen atoms in total. The van der Waals surface area contributed by atoms with E-state index in [4.69, 9.17) is 0 Å². The lowest BCUT2D eigenvalue weighted by molar-refractivity contribution is -0.112. The van der Waals surface area contributed by atoms with Gasteiger partial charge in [0.2, 0.25) is 0 Å². The molecule has 2 amide bonds. The molecule has 2 heterocycles. The van der Waals surface area contributed by atoms with Gasteiger partial charge >= 0.3 is 0 Å². The fraction of sp³-hybridized carbons (Fsp3) is 0.391. The Morgan fingerprint density at radius 2 is 1.97 bits per heavy atom. The van der Waals surface area contributed by atoms with Crippen LogP contribution in [0.25, 0.3) is 11.6 Å². The lowest BCUT2D eigenvalue weighted by atomic mass is 10.0. The zero-order chi connectivity index (χ0) is 22.0. The summed E-state index contributed by atoms with van der Waals surface area (Å²) < 4.78 is 13.8. The van der Waals surface area contributed by atoms with E-state index in [0.29, 0.717) is 34.6 Å². The number of H-pyrrole nitrogens is 1. The summed E-state index contributed by atoms with van der Waals surface area (Å²) in [6, 6.07) is 4.32. The Labute approximate surface area is 176 Å². The summed E-state index contributed by atoms with van der Waals surface area (Å²) in [4.78, 5) is 32.4. The normalized spacial score (nSPS) is 14.7. The van der Waals surface area contributed by atoms with Gasteiger partial charge in [0, 0.05) is 37.1 Å². The van der Waals surface area contributed by atoms with Crippen LogP contribution in [-0.4, -0.2) is 54.9 Å². The second kappa shape index (κ2) is 8.83. The van der Waals surface area contributed by atoms with Gasteiger partial charge in [-0.3, -0.25) is 9.59 Å².